The van der Waals surface area contributed by atoms with Gasteiger partial charge in [0.25, 0.3) is 0 Å². The number of ether oxygens (including phenoxy) is 1. The summed E-state index contributed by atoms with van der Waals surface area (Å²) in [4.78, 5) is 2.32. The number of fused-ring (bicyclic) bond motifs is 1. The van der Waals surface area contributed by atoms with Crippen molar-refractivity contribution in [1.29, 1.82) is 0 Å². The van der Waals surface area contributed by atoms with E-state index in [4.69, 9.17) is 10.5 Å². The summed E-state index contributed by atoms with van der Waals surface area (Å²) >= 11 is 0. The van der Waals surface area contributed by atoms with Gasteiger partial charge in [0, 0.05) is 12.6 Å². The standard InChI is InChI=1S/C12H18N2O/c1-9-3-4-11-12(7-9)15-6-5-14(11)10(2)8-13/h3-4,7,10H,5-6,8,13H2,1-2H3. The molecular weight excluding hydrogens is 188 g/mol. The van der Waals surface area contributed by atoms with Gasteiger partial charge >= 0.3 is 0 Å². The Labute approximate surface area is 90.8 Å². The minimum atomic E-state index is 0.371. The first-order valence-corrected chi connectivity index (χ1v) is 5.42. The van der Waals surface area contributed by atoms with Crippen LogP contribution in [0.2, 0.25) is 0 Å². The summed E-state index contributed by atoms with van der Waals surface area (Å²) in [6, 6.07) is 6.69. The van der Waals surface area contributed by atoms with Crippen molar-refractivity contribution in [2.24, 2.45) is 5.73 Å². The maximum Gasteiger partial charge on any atom is 0.142 e. The van der Waals surface area contributed by atoms with Crippen LogP contribution in [0.4, 0.5) is 5.69 Å². The molecule has 1 aliphatic heterocycles. The van der Waals surface area contributed by atoms with E-state index in [0.717, 1.165) is 18.9 Å². The lowest BCUT2D eigenvalue weighted by Crippen LogP contribution is -2.43. The van der Waals surface area contributed by atoms with Crippen LogP contribution >= 0.6 is 0 Å². The zero-order valence-electron chi connectivity index (χ0n) is 9.36. The average Bonchev–Trinajstić information content (AvgIpc) is 2.26. The van der Waals surface area contributed by atoms with Crippen molar-refractivity contribution in [3.8, 4) is 5.75 Å². The molecule has 15 heavy (non-hydrogen) atoms. The van der Waals surface area contributed by atoms with Crippen molar-refractivity contribution in [2.45, 2.75) is 19.9 Å². The van der Waals surface area contributed by atoms with E-state index >= 15 is 0 Å². The van der Waals surface area contributed by atoms with Gasteiger partial charge in [0.1, 0.15) is 12.4 Å². The normalized spacial score (nSPS) is 16.9. The highest BCUT2D eigenvalue weighted by molar-refractivity contribution is 5.61. The van der Waals surface area contributed by atoms with Gasteiger partial charge in [-0.25, -0.2) is 0 Å². The van der Waals surface area contributed by atoms with Crippen molar-refractivity contribution < 1.29 is 4.74 Å². The molecule has 3 nitrogen and oxygen atoms in total. The van der Waals surface area contributed by atoms with Crippen molar-refractivity contribution in [3.63, 3.8) is 0 Å². The zero-order valence-corrected chi connectivity index (χ0v) is 9.36. The fourth-order valence-corrected chi connectivity index (χ4v) is 1.93. The van der Waals surface area contributed by atoms with Crippen LogP contribution in [-0.4, -0.2) is 25.7 Å². The summed E-state index contributed by atoms with van der Waals surface area (Å²) in [7, 11) is 0. The summed E-state index contributed by atoms with van der Waals surface area (Å²) in [5.74, 6) is 0.988. The van der Waals surface area contributed by atoms with E-state index < -0.39 is 0 Å². The van der Waals surface area contributed by atoms with Crippen LogP contribution < -0.4 is 15.4 Å². The number of nitrogens with zero attached hydrogens (tertiary/aromatic N) is 1. The summed E-state index contributed by atoms with van der Waals surface area (Å²) in [6.07, 6.45) is 0. The van der Waals surface area contributed by atoms with Crippen LogP contribution in [-0.2, 0) is 0 Å². The van der Waals surface area contributed by atoms with Crippen LogP contribution in [0.1, 0.15) is 12.5 Å². The summed E-state index contributed by atoms with van der Waals surface area (Å²) in [5, 5.41) is 0. The Morgan fingerprint density at radius 2 is 2.33 bits per heavy atom. The molecule has 0 fully saturated rings. The molecule has 0 bridgehead atoms. The highest BCUT2D eigenvalue weighted by Crippen LogP contribution is 2.33. The molecule has 0 spiro atoms. The van der Waals surface area contributed by atoms with Gasteiger partial charge in [-0.15, -0.1) is 0 Å². The van der Waals surface area contributed by atoms with Gasteiger partial charge in [-0.2, -0.15) is 0 Å². The highest BCUT2D eigenvalue weighted by atomic mass is 16.5. The van der Waals surface area contributed by atoms with Gasteiger partial charge in [0.15, 0.2) is 0 Å². The molecule has 1 atom stereocenters. The fraction of sp³-hybridized carbons (Fsp3) is 0.500. The fourth-order valence-electron chi connectivity index (χ4n) is 1.93. The van der Waals surface area contributed by atoms with Gasteiger partial charge in [-0.1, -0.05) is 6.07 Å². The van der Waals surface area contributed by atoms with Crippen molar-refractivity contribution >= 4 is 5.69 Å². The molecule has 2 rings (SSSR count). The monoisotopic (exact) mass is 206 g/mol. The van der Waals surface area contributed by atoms with Crippen LogP contribution in [0.5, 0.6) is 5.75 Å². The van der Waals surface area contributed by atoms with Gasteiger partial charge < -0.3 is 15.4 Å². The second-order valence-electron chi connectivity index (χ2n) is 4.10. The molecule has 0 saturated carbocycles. The predicted octanol–water partition coefficient (Wildman–Crippen LogP) is 1.54. The summed E-state index contributed by atoms with van der Waals surface area (Å²) in [6.45, 7) is 6.58. The third-order valence-corrected chi connectivity index (χ3v) is 2.89. The number of benzene rings is 1. The lowest BCUT2D eigenvalue weighted by atomic mass is 10.1. The highest BCUT2D eigenvalue weighted by Gasteiger charge is 2.21. The number of rotatable bonds is 2. The Hall–Kier alpha value is -1.22. The summed E-state index contributed by atoms with van der Waals surface area (Å²) in [5.41, 5.74) is 8.11. The third kappa shape index (κ3) is 1.92. The number of hydrogen-bond donors (Lipinski definition) is 1. The van der Waals surface area contributed by atoms with Gasteiger partial charge in [-0.05, 0) is 31.5 Å². The van der Waals surface area contributed by atoms with Crippen LogP contribution in [0.25, 0.3) is 0 Å². The van der Waals surface area contributed by atoms with E-state index in [1.165, 1.54) is 11.3 Å². The molecule has 1 aromatic carbocycles. The maximum absolute atomic E-state index is 5.71. The van der Waals surface area contributed by atoms with Crippen molar-refractivity contribution in [3.05, 3.63) is 23.8 Å². The molecule has 82 valence electrons. The quantitative estimate of drug-likeness (QED) is 0.797. The predicted molar refractivity (Wildman–Crippen MR) is 62.5 cm³/mol. The largest absolute Gasteiger partial charge is 0.490 e. The Morgan fingerprint density at radius 3 is 3.07 bits per heavy atom. The third-order valence-electron chi connectivity index (χ3n) is 2.89. The van der Waals surface area contributed by atoms with E-state index in [2.05, 4.69) is 36.9 Å². The first kappa shape index (κ1) is 10.3. The maximum atomic E-state index is 5.71. The first-order valence-electron chi connectivity index (χ1n) is 5.42. The molecule has 0 radical (unpaired) electrons. The molecule has 1 aromatic rings. The second kappa shape index (κ2) is 4.11. The van der Waals surface area contributed by atoms with E-state index in [1.54, 1.807) is 0 Å². The van der Waals surface area contributed by atoms with Crippen molar-refractivity contribution in [2.75, 3.05) is 24.6 Å². The second-order valence-corrected chi connectivity index (χ2v) is 4.10. The van der Waals surface area contributed by atoms with Gasteiger partial charge in [0.05, 0.1) is 12.2 Å². The molecule has 0 amide bonds. The molecule has 1 heterocycles. The molecule has 3 heteroatoms. The number of anilines is 1. The van der Waals surface area contributed by atoms with Crippen LogP contribution in [0.15, 0.2) is 18.2 Å². The lowest BCUT2D eigenvalue weighted by molar-refractivity contribution is 0.301. The minimum Gasteiger partial charge on any atom is -0.490 e. The SMILES string of the molecule is Cc1ccc2c(c1)OCCN2C(C)CN. The smallest absolute Gasteiger partial charge is 0.142 e. The average molecular weight is 206 g/mol. The Bertz CT molecular complexity index is 351. The Balaban J connectivity index is 2.34. The minimum absolute atomic E-state index is 0.371. The molecular formula is C12H18N2O. The van der Waals surface area contributed by atoms with Crippen molar-refractivity contribution in [1.82, 2.24) is 0 Å². The van der Waals surface area contributed by atoms with E-state index in [0.29, 0.717) is 12.6 Å². The Kier molecular flexibility index (Phi) is 2.82. The topological polar surface area (TPSA) is 38.5 Å². The number of nitrogens with two attached hydrogens (primary N) is 1. The number of aryl methyl sites for hydroxylation is 1. The number of hydrogen-bond acceptors (Lipinski definition) is 3. The van der Waals surface area contributed by atoms with Crippen LogP contribution in [0.3, 0.4) is 0 Å². The van der Waals surface area contributed by atoms with E-state index in [1.807, 2.05) is 0 Å². The van der Waals surface area contributed by atoms with Crippen LogP contribution in [0, 0.1) is 6.92 Å². The molecule has 0 saturated heterocycles. The van der Waals surface area contributed by atoms with E-state index in [9.17, 15) is 0 Å². The molecule has 0 aromatic heterocycles. The van der Waals surface area contributed by atoms with E-state index in [-0.39, 0.29) is 0 Å². The van der Waals surface area contributed by atoms with Gasteiger partial charge in [-0.3, -0.25) is 0 Å². The molecule has 2 N–H and O–H groups in total. The molecule has 1 aliphatic rings. The molecule has 0 aliphatic carbocycles. The zero-order chi connectivity index (χ0) is 10.8. The Morgan fingerprint density at radius 1 is 1.53 bits per heavy atom. The van der Waals surface area contributed by atoms with Gasteiger partial charge in [0.2, 0.25) is 0 Å². The molecule has 1 unspecified atom stereocenters. The first-order chi connectivity index (χ1) is 7.22. The lowest BCUT2D eigenvalue weighted by Gasteiger charge is -2.35. The summed E-state index contributed by atoms with van der Waals surface area (Å²) < 4.78 is 5.65.